The smallest absolute Gasteiger partial charge is 0.121 e. The molecule has 4 heteroatoms. The first-order valence-electron chi connectivity index (χ1n) is 4.33. The van der Waals surface area contributed by atoms with Gasteiger partial charge in [-0.1, -0.05) is 0 Å². The van der Waals surface area contributed by atoms with E-state index in [1.54, 1.807) is 0 Å². The highest BCUT2D eigenvalue weighted by atomic mass is 16.3. The van der Waals surface area contributed by atoms with Crippen LogP contribution >= 0.6 is 0 Å². The van der Waals surface area contributed by atoms with E-state index in [2.05, 4.69) is 11.4 Å². The molecule has 2 N–H and O–H groups in total. The molecule has 68 valence electrons. The zero-order valence-corrected chi connectivity index (χ0v) is 7.16. The molecule has 0 saturated carbocycles. The lowest BCUT2D eigenvalue weighted by Crippen LogP contribution is -2.39. The van der Waals surface area contributed by atoms with Crippen LogP contribution in [-0.4, -0.2) is 48.8 Å². The third-order valence-electron chi connectivity index (χ3n) is 2.14. The Balaban J connectivity index is 2.42. The monoisotopic (exact) mass is 169 g/mol. The van der Waals surface area contributed by atoms with Crippen LogP contribution in [0.5, 0.6) is 0 Å². The molecule has 1 heterocycles. The number of nitriles is 1. The Morgan fingerprint density at radius 2 is 2.33 bits per heavy atom. The van der Waals surface area contributed by atoms with E-state index < -0.39 is 0 Å². The molecule has 1 unspecified atom stereocenters. The number of rotatable bonds is 2. The van der Waals surface area contributed by atoms with Crippen LogP contribution in [0.3, 0.4) is 0 Å². The van der Waals surface area contributed by atoms with Gasteiger partial charge in [0, 0.05) is 19.6 Å². The molecule has 4 nitrogen and oxygen atoms in total. The summed E-state index contributed by atoms with van der Waals surface area (Å²) in [5.74, 6) is 0. The minimum absolute atomic E-state index is 0.0590. The normalized spacial score (nSPS) is 22.7. The van der Waals surface area contributed by atoms with Crippen LogP contribution in [0.25, 0.3) is 0 Å². The van der Waals surface area contributed by atoms with Crippen molar-refractivity contribution in [1.29, 1.82) is 5.26 Å². The van der Waals surface area contributed by atoms with Gasteiger partial charge in [0.15, 0.2) is 0 Å². The fraction of sp³-hybridized carbons (Fsp3) is 0.875. The topological polar surface area (TPSA) is 59.3 Å². The van der Waals surface area contributed by atoms with Gasteiger partial charge in [-0.15, -0.1) is 0 Å². The van der Waals surface area contributed by atoms with Crippen molar-refractivity contribution in [2.75, 3.05) is 32.8 Å². The van der Waals surface area contributed by atoms with Gasteiger partial charge in [-0.3, -0.25) is 4.90 Å². The first-order valence-corrected chi connectivity index (χ1v) is 4.33. The number of hydrogen-bond acceptors (Lipinski definition) is 4. The molecule has 0 aromatic rings. The van der Waals surface area contributed by atoms with Gasteiger partial charge in [0.2, 0.25) is 0 Å². The van der Waals surface area contributed by atoms with E-state index in [1.807, 2.05) is 4.90 Å². The molecule has 1 fully saturated rings. The van der Waals surface area contributed by atoms with Crippen LogP contribution in [0.4, 0.5) is 0 Å². The van der Waals surface area contributed by atoms with Crippen molar-refractivity contribution in [3.8, 4) is 6.07 Å². The molecule has 0 aromatic heterocycles. The summed E-state index contributed by atoms with van der Waals surface area (Å²) in [6, 6.07) is 1.78. The summed E-state index contributed by atoms with van der Waals surface area (Å²) >= 11 is 0. The van der Waals surface area contributed by atoms with Crippen molar-refractivity contribution in [3.63, 3.8) is 0 Å². The van der Waals surface area contributed by atoms with Crippen LogP contribution in [0.2, 0.25) is 0 Å². The molecule has 0 aliphatic carbocycles. The van der Waals surface area contributed by atoms with Crippen LogP contribution in [0.1, 0.15) is 6.42 Å². The summed E-state index contributed by atoms with van der Waals surface area (Å²) < 4.78 is 0. The van der Waals surface area contributed by atoms with Gasteiger partial charge in [-0.05, 0) is 13.0 Å². The molecule has 0 amide bonds. The van der Waals surface area contributed by atoms with Crippen LogP contribution < -0.4 is 5.32 Å². The highest BCUT2D eigenvalue weighted by Crippen LogP contribution is 2.01. The average Bonchev–Trinajstić information content (AvgIpc) is 2.35. The molecular formula is C8H15N3O. The van der Waals surface area contributed by atoms with Crippen molar-refractivity contribution in [1.82, 2.24) is 10.2 Å². The van der Waals surface area contributed by atoms with Gasteiger partial charge in [0.25, 0.3) is 0 Å². The Hall–Kier alpha value is -0.630. The summed E-state index contributed by atoms with van der Waals surface area (Å²) in [7, 11) is 0. The summed E-state index contributed by atoms with van der Waals surface area (Å²) in [6.45, 7) is 3.64. The largest absolute Gasteiger partial charge is 0.394 e. The lowest BCUT2D eigenvalue weighted by atomic mass is 10.2. The predicted molar refractivity (Wildman–Crippen MR) is 45.5 cm³/mol. The lowest BCUT2D eigenvalue weighted by Gasteiger charge is -2.22. The molecule has 1 saturated heterocycles. The zero-order chi connectivity index (χ0) is 8.81. The Bertz CT molecular complexity index is 158. The van der Waals surface area contributed by atoms with Crippen molar-refractivity contribution in [3.05, 3.63) is 0 Å². The maximum absolute atomic E-state index is 8.89. The summed E-state index contributed by atoms with van der Waals surface area (Å²) in [5.41, 5.74) is 0. The van der Waals surface area contributed by atoms with Gasteiger partial charge in [-0.2, -0.15) is 5.26 Å². The van der Waals surface area contributed by atoms with E-state index >= 15 is 0 Å². The standard InChI is InChI=1S/C8H15N3O/c9-6-8(7-12)11-4-1-2-10-3-5-11/h8,10,12H,1-5,7H2. The Morgan fingerprint density at radius 1 is 1.50 bits per heavy atom. The minimum atomic E-state index is -0.315. The Labute approximate surface area is 72.8 Å². The molecular weight excluding hydrogens is 154 g/mol. The highest BCUT2D eigenvalue weighted by Gasteiger charge is 2.17. The van der Waals surface area contributed by atoms with Crippen LogP contribution in [0, 0.1) is 11.3 Å². The summed E-state index contributed by atoms with van der Waals surface area (Å²) in [4.78, 5) is 2.03. The second-order valence-electron chi connectivity index (χ2n) is 2.97. The summed E-state index contributed by atoms with van der Waals surface area (Å²) in [5, 5.41) is 20.8. The van der Waals surface area contributed by atoms with Crippen LogP contribution in [0.15, 0.2) is 0 Å². The van der Waals surface area contributed by atoms with E-state index in [9.17, 15) is 0 Å². The number of aliphatic hydroxyl groups is 1. The average molecular weight is 169 g/mol. The Kier molecular flexibility index (Phi) is 4.01. The van der Waals surface area contributed by atoms with E-state index in [1.165, 1.54) is 0 Å². The Morgan fingerprint density at radius 3 is 3.00 bits per heavy atom. The number of nitrogens with zero attached hydrogens (tertiary/aromatic N) is 2. The molecule has 0 bridgehead atoms. The highest BCUT2D eigenvalue weighted by molar-refractivity contribution is 4.92. The molecule has 1 rings (SSSR count). The van der Waals surface area contributed by atoms with Gasteiger partial charge >= 0.3 is 0 Å². The van der Waals surface area contributed by atoms with Crippen molar-refractivity contribution >= 4 is 0 Å². The second-order valence-corrected chi connectivity index (χ2v) is 2.97. The predicted octanol–water partition coefficient (Wildman–Crippen LogP) is -0.834. The van der Waals surface area contributed by atoms with Crippen LogP contribution in [-0.2, 0) is 0 Å². The second kappa shape index (κ2) is 5.09. The molecule has 0 aromatic carbocycles. The number of nitrogens with one attached hydrogen (secondary N) is 1. The van der Waals surface area contributed by atoms with Crippen molar-refractivity contribution in [2.24, 2.45) is 0 Å². The quantitative estimate of drug-likeness (QED) is 0.566. The van der Waals surface area contributed by atoms with Gasteiger partial charge in [0.1, 0.15) is 6.04 Å². The van der Waals surface area contributed by atoms with Crippen molar-refractivity contribution < 1.29 is 5.11 Å². The lowest BCUT2D eigenvalue weighted by molar-refractivity contribution is 0.163. The number of hydrogen-bond donors (Lipinski definition) is 2. The SMILES string of the molecule is N#CC(CO)N1CCCNCC1. The molecule has 0 radical (unpaired) electrons. The molecule has 12 heavy (non-hydrogen) atoms. The van der Waals surface area contributed by atoms with E-state index in [-0.39, 0.29) is 12.6 Å². The van der Waals surface area contributed by atoms with E-state index in [4.69, 9.17) is 10.4 Å². The maximum Gasteiger partial charge on any atom is 0.121 e. The molecule has 1 atom stereocenters. The zero-order valence-electron chi connectivity index (χ0n) is 7.16. The fourth-order valence-electron chi connectivity index (χ4n) is 1.42. The van der Waals surface area contributed by atoms with E-state index in [0.717, 1.165) is 32.6 Å². The fourth-order valence-corrected chi connectivity index (χ4v) is 1.42. The summed E-state index contributed by atoms with van der Waals surface area (Å²) in [6.07, 6.45) is 1.05. The molecule has 0 spiro atoms. The minimum Gasteiger partial charge on any atom is -0.394 e. The third-order valence-corrected chi connectivity index (χ3v) is 2.14. The first-order chi connectivity index (χ1) is 5.88. The van der Waals surface area contributed by atoms with Gasteiger partial charge in [-0.25, -0.2) is 0 Å². The molecule has 1 aliphatic rings. The molecule has 1 aliphatic heterocycles. The van der Waals surface area contributed by atoms with Gasteiger partial charge < -0.3 is 10.4 Å². The van der Waals surface area contributed by atoms with Crippen molar-refractivity contribution in [2.45, 2.75) is 12.5 Å². The van der Waals surface area contributed by atoms with Gasteiger partial charge in [0.05, 0.1) is 12.7 Å². The third kappa shape index (κ3) is 2.45. The number of aliphatic hydroxyl groups excluding tert-OH is 1. The van der Waals surface area contributed by atoms with E-state index in [0.29, 0.717) is 0 Å². The first kappa shape index (κ1) is 9.46. The maximum atomic E-state index is 8.89.